The van der Waals surface area contributed by atoms with Crippen molar-refractivity contribution in [2.24, 2.45) is 0 Å². The zero-order valence-electron chi connectivity index (χ0n) is 8.55. The molecule has 82 valence electrons. The van der Waals surface area contributed by atoms with Gasteiger partial charge in [-0.2, -0.15) is 0 Å². The van der Waals surface area contributed by atoms with Crippen molar-refractivity contribution in [3.63, 3.8) is 0 Å². The quantitative estimate of drug-likeness (QED) is 0.920. The first-order valence-electron chi connectivity index (χ1n) is 4.50. The Balaban J connectivity index is 2.90. The van der Waals surface area contributed by atoms with E-state index in [0.717, 1.165) is 0 Å². The molecule has 2 nitrogen and oxygen atoms in total. The van der Waals surface area contributed by atoms with Gasteiger partial charge in [0, 0.05) is 10.9 Å². The van der Waals surface area contributed by atoms with Crippen LogP contribution < -0.4 is 0 Å². The van der Waals surface area contributed by atoms with Gasteiger partial charge >= 0.3 is 0 Å². The van der Waals surface area contributed by atoms with E-state index >= 15 is 0 Å². The first kappa shape index (κ1) is 12.3. The number of carbonyl (C=O) groups excluding carboxylic acids is 1. The first-order chi connectivity index (χ1) is 6.80. The highest BCUT2D eigenvalue weighted by Crippen LogP contribution is 2.20. The summed E-state index contributed by atoms with van der Waals surface area (Å²) in [6.07, 6.45) is 0.0157. The van der Waals surface area contributed by atoms with Crippen LogP contribution in [0.4, 0.5) is 4.39 Å². The minimum Gasteiger partial charge on any atom is -0.383 e. The summed E-state index contributed by atoms with van der Waals surface area (Å²) < 4.78 is 13.6. The molecule has 0 heterocycles. The summed E-state index contributed by atoms with van der Waals surface area (Å²) in [6.45, 7) is 2.84. The van der Waals surface area contributed by atoms with Gasteiger partial charge in [-0.25, -0.2) is 4.39 Å². The van der Waals surface area contributed by atoms with Crippen molar-refractivity contribution in [2.45, 2.75) is 25.9 Å². The monoisotopic (exact) mass is 274 g/mol. The third kappa shape index (κ3) is 3.39. The summed E-state index contributed by atoms with van der Waals surface area (Å²) in [5.41, 5.74) is -0.840. The minimum atomic E-state index is -1.38. The molecule has 0 atom stereocenters. The maximum atomic E-state index is 12.9. The molecule has 0 fully saturated rings. The second kappa shape index (κ2) is 4.41. The lowest BCUT2D eigenvalue weighted by atomic mass is 9.97. The molecule has 1 rings (SSSR count). The lowest BCUT2D eigenvalue weighted by Crippen LogP contribution is -2.32. The highest BCUT2D eigenvalue weighted by molar-refractivity contribution is 9.10. The van der Waals surface area contributed by atoms with Gasteiger partial charge in [0.25, 0.3) is 0 Å². The molecule has 1 aromatic carbocycles. The summed E-state index contributed by atoms with van der Waals surface area (Å²) in [7, 11) is 0. The van der Waals surface area contributed by atoms with Crippen LogP contribution in [-0.2, 0) is 11.2 Å². The minimum absolute atomic E-state index is 0.0157. The normalized spacial score (nSPS) is 11.5. The van der Waals surface area contributed by atoms with E-state index in [4.69, 9.17) is 0 Å². The van der Waals surface area contributed by atoms with E-state index in [-0.39, 0.29) is 12.2 Å². The fraction of sp³-hybridized carbons (Fsp3) is 0.364. The fourth-order valence-corrected chi connectivity index (χ4v) is 1.45. The van der Waals surface area contributed by atoms with Crippen LogP contribution in [0, 0.1) is 5.82 Å². The molecule has 4 heteroatoms. The van der Waals surface area contributed by atoms with Gasteiger partial charge in [-0.3, -0.25) is 4.79 Å². The van der Waals surface area contributed by atoms with Gasteiger partial charge in [-0.05, 0) is 37.6 Å². The Morgan fingerprint density at radius 3 is 2.67 bits per heavy atom. The maximum Gasteiger partial charge on any atom is 0.168 e. The Labute approximate surface area is 96.2 Å². The van der Waals surface area contributed by atoms with Crippen LogP contribution in [-0.4, -0.2) is 16.5 Å². The van der Waals surface area contributed by atoms with Crippen molar-refractivity contribution in [3.8, 4) is 0 Å². The number of ketones is 1. The molecule has 0 saturated carbocycles. The largest absolute Gasteiger partial charge is 0.383 e. The predicted octanol–water partition coefficient (Wildman–Crippen LogP) is 2.47. The van der Waals surface area contributed by atoms with E-state index in [2.05, 4.69) is 15.9 Å². The summed E-state index contributed by atoms with van der Waals surface area (Å²) in [5.74, 6) is -0.731. The second-order valence-corrected chi connectivity index (χ2v) is 4.75. The average Bonchev–Trinajstić information content (AvgIpc) is 2.09. The Morgan fingerprint density at radius 1 is 1.53 bits per heavy atom. The van der Waals surface area contributed by atoms with Gasteiger partial charge in [-0.1, -0.05) is 15.9 Å². The van der Waals surface area contributed by atoms with Crippen LogP contribution in [0.5, 0.6) is 0 Å². The van der Waals surface area contributed by atoms with Gasteiger partial charge in [0.2, 0.25) is 0 Å². The van der Waals surface area contributed by atoms with Gasteiger partial charge in [0.05, 0.1) is 0 Å². The molecular weight excluding hydrogens is 263 g/mol. The highest BCUT2D eigenvalue weighted by Gasteiger charge is 2.24. The predicted molar refractivity (Wildman–Crippen MR) is 59.1 cm³/mol. The van der Waals surface area contributed by atoms with Gasteiger partial charge in [0.15, 0.2) is 5.78 Å². The third-order valence-corrected chi connectivity index (χ3v) is 2.81. The van der Waals surface area contributed by atoms with Crippen LogP contribution in [0.3, 0.4) is 0 Å². The molecule has 0 amide bonds. The third-order valence-electron chi connectivity index (χ3n) is 2.04. The number of halogens is 2. The smallest absolute Gasteiger partial charge is 0.168 e. The van der Waals surface area contributed by atoms with E-state index in [1.165, 1.54) is 26.0 Å². The van der Waals surface area contributed by atoms with Gasteiger partial charge < -0.3 is 5.11 Å². The molecule has 0 aliphatic rings. The Hall–Kier alpha value is -0.740. The Morgan fingerprint density at radius 2 is 2.13 bits per heavy atom. The molecule has 0 aliphatic carbocycles. The summed E-state index contributed by atoms with van der Waals surface area (Å²) >= 11 is 3.23. The Bertz CT molecular complexity index is 383. The zero-order chi connectivity index (χ0) is 11.6. The summed E-state index contributed by atoms with van der Waals surface area (Å²) in [5, 5.41) is 9.45. The molecule has 0 unspecified atom stereocenters. The van der Waals surface area contributed by atoms with E-state index < -0.39 is 11.4 Å². The molecule has 0 aromatic heterocycles. The molecule has 0 saturated heterocycles. The van der Waals surface area contributed by atoms with Crippen LogP contribution in [0.25, 0.3) is 0 Å². The van der Waals surface area contributed by atoms with Crippen LogP contribution in [0.15, 0.2) is 22.7 Å². The van der Waals surface area contributed by atoms with Crippen LogP contribution in [0.1, 0.15) is 19.4 Å². The second-order valence-electron chi connectivity index (χ2n) is 3.89. The average molecular weight is 275 g/mol. The summed E-state index contributed by atoms with van der Waals surface area (Å²) in [6, 6.07) is 4.14. The molecule has 1 N–H and O–H groups in total. The molecule has 0 aliphatic heterocycles. The lowest BCUT2D eigenvalue weighted by molar-refractivity contribution is -0.133. The molecule has 1 aromatic rings. The van der Waals surface area contributed by atoms with Crippen molar-refractivity contribution in [2.75, 3.05) is 0 Å². The van der Waals surface area contributed by atoms with E-state index in [0.29, 0.717) is 10.0 Å². The SMILES string of the molecule is CC(C)(O)C(=O)Cc1cc(F)ccc1Br. The number of carbonyl (C=O) groups is 1. The van der Waals surface area contributed by atoms with Crippen molar-refractivity contribution in [1.29, 1.82) is 0 Å². The molecule has 0 radical (unpaired) electrons. The first-order valence-corrected chi connectivity index (χ1v) is 5.29. The zero-order valence-corrected chi connectivity index (χ0v) is 10.1. The molecular formula is C11H12BrFO2. The molecule has 0 bridgehead atoms. The van der Waals surface area contributed by atoms with Crippen LogP contribution >= 0.6 is 15.9 Å². The fourth-order valence-electron chi connectivity index (χ4n) is 1.07. The topological polar surface area (TPSA) is 37.3 Å². The van der Waals surface area contributed by atoms with Gasteiger partial charge in [0.1, 0.15) is 11.4 Å². The standard InChI is InChI=1S/C11H12BrFO2/c1-11(2,15)10(14)6-7-5-8(13)3-4-9(7)12/h3-5,15H,6H2,1-2H3. The highest BCUT2D eigenvalue weighted by atomic mass is 79.9. The lowest BCUT2D eigenvalue weighted by Gasteiger charge is -2.15. The van der Waals surface area contributed by atoms with E-state index in [9.17, 15) is 14.3 Å². The maximum absolute atomic E-state index is 12.9. The van der Waals surface area contributed by atoms with Crippen molar-refractivity contribution in [1.82, 2.24) is 0 Å². The van der Waals surface area contributed by atoms with Crippen LogP contribution in [0.2, 0.25) is 0 Å². The van der Waals surface area contributed by atoms with E-state index in [1.54, 1.807) is 6.07 Å². The van der Waals surface area contributed by atoms with Crippen molar-refractivity contribution >= 4 is 21.7 Å². The molecule has 15 heavy (non-hydrogen) atoms. The summed E-state index contributed by atoms with van der Waals surface area (Å²) in [4.78, 5) is 11.5. The number of aliphatic hydroxyl groups is 1. The Kier molecular flexibility index (Phi) is 3.62. The number of rotatable bonds is 3. The number of Topliss-reactive ketones (excluding diaryl/α,β-unsaturated/α-hetero) is 1. The van der Waals surface area contributed by atoms with Crippen molar-refractivity contribution in [3.05, 3.63) is 34.1 Å². The number of hydrogen-bond donors (Lipinski definition) is 1. The van der Waals surface area contributed by atoms with Crippen molar-refractivity contribution < 1.29 is 14.3 Å². The molecule has 0 spiro atoms. The number of benzene rings is 1. The van der Waals surface area contributed by atoms with Gasteiger partial charge in [-0.15, -0.1) is 0 Å². The number of hydrogen-bond acceptors (Lipinski definition) is 2. The van der Waals surface area contributed by atoms with E-state index in [1.807, 2.05) is 0 Å².